The van der Waals surface area contributed by atoms with Crippen LogP contribution in [0.1, 0.15) is 34.5 Å². The summed E-state index contributed by atoms with van der Waals surface area (Å²) in [4.78, 5) is 31.9. The lowest BCUT2D eigenvalue weighted by Crippen LogP contribution is -2.45. The van der Waals surface area contributed by atoms with Crippen LogP contribution in [0.2, 0.25) is 5.02 Å². The Morgan fingerprint density at radius 1 is 1.18 bits per heavy atom. The fourth-order valence-corrected chi connectivity index (χ4v) is 4.82. The topological polar surface area (TPSA) is 76.3 Å². The summed E-state index contributed by atoms with van der Waals surface area (Å²) < 4.78 is 0. The van der Waals surface area contributed by atoms with Crippen molar-refractivity contribution in [1.29, 1.82) is 0 Å². The van der Waals surface area contributed by atoms with Crippen LogP contribution in [0.5, 0.6) is 0 Å². The van der Waals surface area contributed by atoms with Crippen molar-refractivity contribution < 1.29 is 9.59 Å². The first-order valence-corrected chi connectivity index (χ1v) is 10.1. The summed E-state index contributed by atoms with van der Waals surface area (Å²) in [6, 6.07) is 14.7. The molecule has 7 heteroatoms. The Kier molecular flexibility index (Phi) is 4.91. The monoisotopic (exact) mass is 411 g/mol. The first kappa shape index (κ1) is 18.7. The zero-order chi connectivity index (χ0) is 19.8. The Balaban J connectivity index is 1.71. The summed E-state index contributed by atoms with van der Waals surface area (Å²) in [5.41, 5.74) is 7.91. The predicted octanol–water partition coefficient (Wildman–Crippen LogP) is 4.47. The molecule has 2 atom stereocenters. The van der Waals surface area contributed by atoms with Crippen LogP contribution in [0.3, 0.4) is 0 Å². The Morgan fingerprint density at radius 3 is 2.64 bits per heavy atom. The molecule has 0 spiro atoms. The number of hydrogen-bond acceptors (Lipinski definition) is 4. The number of para-hydroxylation sites is 1. The number of benzene rings is 2. The molecule has 28 heavy (non-hydrogen) atoms. The van der Waals surface area contributed by atoms with Crippen LogP contribution in [0.4, 0.5) is 5.69 Å². The van der Waals surface area contributed by atoms with Crippen LogP contribution < -0.4 is 10.6 Å². The molecule has 0 saturated heterocycles. The molecule has 142 valence electrons. The zero-order valence-corrected chi connectivity index (χ0v) is 16.7. The quantitative estimate of drug-likeness (QED) is 0.690. The van der Waals surface area contributed by atoms with Gasteiger partial charge in [0.1, 0.15) is 9.88 Å². The van der Waals surface area contributed by atoms with Crippen LogP contribution >= 0.6 is 22.9 Å². The number of carbonyl (C=O) groups is 2. The van der Waals surface area contributed by atoms with Gasteiger partial charge in [0.05, 0.1) is 17.1 Å². The van der Waals surface area contributed by atoms with Crippen molar-refractivity contribution in [3.63, 3.8) is 0 Å². The molecule has 0 fully saturated rings. The Morgan fingerprint density at radius 2 is 1.89 bits per heavy atom. The molecule has 1 aliphatic heterocycles. The minimum absolute atomic E-state index is 0.140. The second kappa shape index (κ2) is 7.37. The van der Waals surface area contributed by atoms with Crippen molar-refractivity contribution in [3.05, 3.63) is 70.2 Å². The highest BCUT2D eigenvalue weighted by Gasteiger charge is 2.36. The van der Waals surface area contributed by atoms with Gasteiger partial charge in [-0.2, -0.15) is 0 Å². The van der Waals surface area contributed by atoms with Crippen molar-refractivity contribution >= 4 is 40.4 Å². The average molecular weight is 412 g/mol. The van der Waals surface area contributed by atoms with Crippen LogP contribution in [-0.4, -0.2) is 22.8 Å². The minimum atomic E-state index is -0.393. The summed E-state index contributed by atoms with van der Waals surface area (Å²) in [7, 11) is 0. The molecule has 3 aromatic rings. The van der Waals surface area contributed by atoms with Gasteiger partial charge in [0, 0.05) is 17.3 Å². The Bertz CT molecular complexity index is 1070. The van der Waals surface area contributed by atoms with E-state index in [9.17, 15) is 9.59 Å². The molecule has 2 heterocycles. The third-order valence-electron chi connectivity index (χ3n) is 4.97. The number of fused-ring (bicyclic) bond motifs is 1. The number of amides is 2. The van der Waals surface area contributed by atoms with Gasteiger partial charge in [-0.1, -0.05) is 48.0 Å². The van der Waals surface area contributed by atoms with Crippen molar-refractivity contribution in [2.45, 2.75) is 25.3 Å². The molecular weight excluding hydrogens is 394 g/mol. The van der Waals surface area contributed by atoms with Gasteiger partial charge in [0.15, 0.2) is 0 Å². The number of halogens is 1. The van der Waals surface area contributed by atoms with Gasteiger partial charge in [-0.05, 0) is 31.0 Å². The van der Waals surface area contributed by atoms with Crippen molar-refractivity contribution in [2.24, 2.45) is 5.73 Å². The zero-order valence-electron chi connectivity index (χ0n) is 15.1. The molecule has 0 bridgehead atoms. The van der Waals surface area contributed by atoms with E-state index in [-0.39, 0.29) is 17.9 Å². The lowest BCUT2D eigenvalue weighted by atomic mass is 9.85. The fraction of sp³-hybridized carbons (Fsp3) is 0.190. The van der Waals surface area contributed by atoms with Crippen molar-refractivity contribution in [2.75, 3.05) is 4.90 Å². The van der Waals surface area contributed by atoms with Crippen molar-refractivity contribution in [3.8, 4) is 10.6 Å². The normalized spacial score (nSPS) is 18.6. The number of anilines is 1. The first-order valence-electron chi connectivity index (χ1n) is 8.90. The van der Waals surface area contributed by atoms with E-state index in [2.05, 4.69) is 4.98 Å². The number of carbonyl (C=O) groups excluding carboxylic acids is 2. The van der Waals surface area contributed by atoms with Gasteiger partial charge >= 0.3 is 0 Å². The minimum Gasteiger partial charge on any atom is -0.369 e. The van der Waals surface area contributed by atoms with Crippen LogP contribution in [0.25, 0.3) is 10.6 Å². The molecule has 1 aliphatic rings. The highest BCUT2D eigenvalue weighted by molar-refractivity contribution is 7.17. The fourth-order valence-electron chi connectivity index (χ4n) is 3.64. The van der Waals surface area contributed by atoms with E-state index in [0.717, 1.165) is 16.8 Å². The van der Waals surface area contributed by atoms with E-state index < -0.39 is 5.92 Å². The van der Waals surface area contributed by atoms with E-state index in [4.69, 9.17) is 17.3 Å². The third-order valence-corrected chi connectivity index (χ3v) is 6.32. The smallest absolute Gasteiger partial charge is 0.270 e. The summed E-state index contributed by atoms with van der Waals surface area (Å²) in [6.07, 6.45) is 2.08. The maximum absolute atomic E-state index is 13.3. The third kappa shape index (κ3) is 3.19. The second-order valence-corrected chi connectivity index (χ2v) is 8.22. The molecule has 5 nitrogen and oxygen atoms in total. The highest BCUT2D eigenvalue weighted by atomic mass is 35.5. The van der Waals surface area contributed by atoms with Crippen LogP contribution in [-0.2, 0) is 4.79 Å². The largest absolute Gasteiger partial charge is 0.369 e. The number of primary amides is 1. The molecule has 2 N–H and O–H groups in total. The van der Waals surface area contributed by atoms with E-state index >= 15 is 0 Å². The number of nitrogens with two attached hydrogens (primary N) is 1. The van der Waals surface area contributed by atoms with Gasteiger partial charge in [0.2, 0.25) is 5.91 Å². The number of nitrogens with zero attached hydrogens (tertiary/aromatic N) is 2. The lowest BCUT2D eigenvalue weighted by Gasteiger charge is -2.38. The molecule has 4 rings (SSSR count). The summed E-state index contributed by atoms with van der Waals surface area (Å²) >= 11 is 7.57. The van der Waals surface area contributed by atoms with E-state index in [0.29, 0.717) is 21.3 Å². The Labute approximate surface area is 171 Å². The molecule has 0 radical (unpaired) electrons. The SMILES string of the molecule is C[C@@H]1C[C@@H](C(N)=O)c2ccccc2N1C(=O)c1cnc(-c2ccccc2Cl)s1. The van der Waals surface area contributed by atoms with Gasteiger partial charge < -0.3 is 10.6 Å². The maximum Gasteiger partial charge on any atom is 0.270 e. The summed E-state index contributed by atoms with van der Waals surface area (Å²) in [6.45, 7) is 1.93. The first-order chi connectivity index (χ1) is 13.5. The molecular formula is C21H18ClN3O2S. The molecule has 2 amide bonds. The van der Waals surface area contributed by atoms with Crippen LogP contribution in [0.15, 0.2) is 54.7 Å². The van der Waals surface area contributed by atoms with E-state index in [1.807, 2.05) is 49.4 Å². The average Bonchev–Trinajstić information content (AvgIpc) is 3.17. The molecule has 0 saturated carbocycles. The maximum atomic E-state index is 13.3. The summed E-state index contributed by atoms with van der Waals surface area (Å²) in [5.74, 6) is -0.903. The number of aromatic nitrogens is 1. The lowest BCUT2D eigenvalue weighted by molar-refractivity contribution is -0.119. The summed E-state index contributed by atoms with van der Waals surface area (Å²) in [5, 5.41) is 1.29. The number of rotatable bonds is 3. The highest BCUT2D eigenvalue weighted by Crippen LogP contribution is 2.40. The van der Waals surface area contributed by atoms with Gasteiger partial charge in [-0.25, -0.2) is 4.98 Å². The Hall–Kier alpha value is -2.70. The van der Waals surface area contributed by atoms with E-state index in [1.165, 1.54) is 11.3 Å². The number of thiazole rings is 1. The van der Waals surface area contributed by atoms with Gasteiger partial charge in [0.25, 0.3) is 5.91 Å². The molecule has 0 aliphatic carbocycles. The van der Waals surface area contributed by atoms with E-state index in [1.54, 1.807) is 17.2 Å². The molecule has 1 aromatic heterocycles. The standard InChI is InChI=1S/C21H18ClN3O2S/c1-12-10-15(19(23)26)13-6-3-5-9-17(13)25(12)21(27)18-11-24-20(28-18)14-7-2-4-8-16(14)22/h2-9,11-12,15H,10H2,1H3,(H2,23,26)/t12-,15-/m1/s1. The second-order valence-electron chi connectivity index (χ2n) is 6.78. The molecule has 0 unspecified atom stereocenters. The van der Waals surface area contributed by atoms with Gasteiger partial charge in [-0.15, -0.1) is 11.3 Å². The number of hydrogen-bond donors (Lipinski definition) is 1. The van der Waals surface area contributed by atoms with Crippen molar-refractivity contribution in [1.82, 2.24) is 4.98 Å². The van der Waals surface area contributed by atoms with Crippen LogP contribution in [0, 0.1) is 0 Å². The predicted molar refractivity (Wildman–Crippen MR) is 112 cm³/mol. The molecule has 2 aromatic carbocycles. The van der Waals surface area contributed by atoms with Gasteiger partial charge in [-0.3, -0.25) is 9.59 Å².